The van der Waals surface area contributed by atoms with Gasteiger partial charge in [-0.2, -0.15) is 0 Å². The molecule has 0 spiro atoms. The van der Waals surface area contributed by atoms with E-state index in [1.165, 1.54) is 17.3 Å². The molecule has 1 saturated heterocycles. The molecule has 31 heavy (non-hydrogen) atoms. The fourth-order valence-corrected chi connectivity index (χ4v) is 3.58. The summed E-state index contributed by atoms with van der Waals surface area (Å²) in [5.41, 5.74) is 1.25. The third-order valence-corrected chi connectivity index (χ3v) is 5.06. The van der Waals surface area contributed by atoms with Crippen LogP contribution >= 0.6 is 0 Å². The Kier molecular flexibility index (Phi) is 7.20. The van der Waals surface area contributed by atoms with Crippen molar-refractivity contribution >= 4 is 17.4 Å². The van der Waals surface area contributed by atoms with Crippen LogP contribution in [0.25, 0.3) is 5.76 Å². The van der Waals surface area contributed by atoms with Gasteiger partial charge >= 0.3 is 0 Å². The first-order valence-electron chi connectivity index (χ1n) is 10.1. The van der Waals surface area contributed by atoms with Crippen molar-refractivity contribution in [3.05, 3.63) is 78.1 Å². The van der Waals surface area contributed by atoms with Gasteiger partial charge < -0.3 is 19.6 Å². The van der Waals surface area contributed by atoms with Crippen molar-refractivity contribution in [1.29, 1.82) is 0 Å². The van der Waals surface area contributed by atoms with Gasteiger partial charge in [0.1, 0.15) is 18.1 Å². The highest BCUT2D eigenvalue weighted by atomic mass is 16.5. The van der Waals surface area contributed by atoms with Crippen molar-refractivity contribution in [2.24, 2.45) is 0 Å². The highest BCUT2D eigenvalue weighted by Crippen LogP contribution is 2.39. The molecule has 2 aromatic rings. The lowest BCUT2D eigenvalue weighted by molar-refractivity contribution is -0.139. The second-order valence-corrected chi connectivity index (χ2v) is 7.55. The molecule has 1 N–H and O–H groups in total. The number of amides is 1. The third-order valence-electron chi connectivity index (χ3n) is 5.06. The summed E-state index contributed by atoms with van der Waals surface area (Å²) in [6.45, 7) is 5.18. The van der Waals surface area contributed by atoms with Crippen molar-refractivity contribution in [2.75, 3.05) is 33.8 Å². The Balaban J connectivity index is 2.02. The minimum absolute atomic E-state index is 0.0841. The molecule has 1 aliphatic rings. The number of hydrogen-bond acceptors (Lipinski definition) is 6. The van der Waals surface area contributed by atoms with Gasteiger partial charge in [-0.1, -0.05) is 24.8 Å². The van der Waals surface area contributed by atoms with E-state index in [-0.39, 0.29) is 11.3 Å². The summed E-state index contributed by atoms with van der Waals surface area (Å²) in [6, 6.07) is 9.73. The highest BCUT2D eigenvalue weighted by Gasteiger charge is 2.45. The van der Waals surface area contributed by atoms with Crippen LogP contribution in [0.4, 0.5) is 0 Å². The molecule has 1 aromatic heterocycles. The number of hydrogen-bond donors (Lipinski definition) is 1. The Hall–Kier alpha value is -3.45. The molecule has 162 valence electrons. The van der Waals surface area contributed by atoms with E-state index >= 15 is 0 Å². The molecule has 7 heteroatoms. The number of ketones is 1. The number of aliphatic hydroxyl groups excluding tert-OH is 1. The Morgan fingerprint density at radius 2 is 1.87 bits per heavy atom. The zero-order valence-electron chi connectivity index (χ0n) is 17.8. The summed E-state index contributed by atoms with van der Waals surface area (Å²) in [4.78, 5) is 33.3. The fraction of sp³-hybridized carbons (Fsp3) is 0.292. The molecule has 2 heterocycles. The van der Waals surface area contributed by atoms with Crippen LogP contribution in [0.5, 0.6) is 5.75 Å². The van der Waals surface area contributed by atoms with Gasteiger partial charge in [-0.15, -0.1) is 0 Å². The van der Waals surface area contributed by atoms with E-state index in [1.54, 1.807) is 30.3 Å². The maximum atomic E-state index is 12.9. The molecule has 1 aromatic carbocycles. The summed E-state index contributed by atoms with van der Waals surface area (Å²) in [6.07, 6.45) is 5.42. The molecule has 0 aliphatic carbocycles. The number of aromatic nitrogens is 1. The van der Waals surface area contributed by atoms with E-state index in [2.05, 4.69) is 11.6 Å². The lowest BCUT2D eigenvalue weighted by atomic mass is 9.95. The molecule has 1 fully saturated rings. The van der Waals surface area contributed by atoms with E-state index in [4.69, 9.17) is 4.74 Å². The number of nitrogens with zero attached hydrogens (tertiary/aromatic N) is 3. The summed E-state index contributed by atoms with van der Waals surface area (Å²) >= 11 is 0. The van der Waals surface area contributed by atoms with Gasteiger partial charge in [-0.3, -0.25) is 14.6 Å². The van der Waals surface area contributed by atoms with Crippen LogP contribution in [0.1, 0.15) is 23.6 Å². The van der Waals surface area contributed by atoms with Gasteiger partial charge in [0.25, 0.3) is 11.7 Å². The largest absolute Gasteiger partial charge is 0.507 e. The lowest BCUT2D eigenvalue weighted by Crippen LogP contribution is -2.32. The van der Waals surface area contributed by atoms with Gasteiger partial charge in [0, 0.05) is 24.5 Å². The van der Waals surface area contributed by atoms with Crippen LogP contribution in [0.2, 0.25) is 0 Å². The van der Waals surface area contributed by atoms with Crippen LogP contribution in [0.15, 0.2) is 67.0 Å². The predicted octanol–water partition coefficient (Wildman–Crippen LogP) is 3.02. The van der Waals surface area contributed by atoms with Gasteiger partial charge in [0.05, 0.1) is 11.6 Å². The second kappa shape index (κ2) is 10.0. The number of Topliss-reactive ketones (excluding diaryl/α,β-unsaturated/α-hetero) is 1. The molecule has 0 unspecified atom stereocenters. The first-order chi connectivity index (χ1) is 14.9. The van der Waals surface area contributed by atoms with Gasteiger partial charge in [0.15, 0.2) is 0 Å². The summed E-state index contributed by atoms with van der Waals surface area (Å²) < 4.78 is 5.54. The number of pyridine rings is 1. The first-order valence-corrected chi connectivity index (χ1v) is 10.1. The summed E-state index contributed by atoms with van der Waals surface area (Å²) in [7, 11) is 3.91. The summed E-state index contributed by atoms with van der Waals surface area (Å²) in [5, 5.41) is 11.0. The van der Waals surface area contributed by atoms with Crippen molar-refractivity contribution in [3.8, 4) is 5.75 Å². The van der Waals surface area contributed by atoms with Gasteiger partial charge in [0.2, 0.25) is 0 Å². The van der Waals surface area contributed by atoms with Crippen LogP contribution in [-0.2, 0) is 9.59 Å². The van der Waals surface area contributed by atoms with Gasteiger partial charge in [-0.25, -0.2) is 0 Å². The van der Waals surface area contributed by atoms with Crippen LogP contribution in [0, 0.1) is 0 Å². The van der Waals surface area contributed by atoms with E-state index in [0.717, 1.165) is 12.1 Å². The van der Waals surface area contributed by atoms with Crippen molar-refractivity contribution in [2.45, 2.75) is 12.5 Å². The number of carbonyl (C=O) groups is 2. The van der Waals surface area contributed by atoms with E-state index < -0.39 is 17.7 Å². The monoisotopic (exact) mass is 421 g/mol. The molecule has 1 aliphatic heterocycles. The molecule has 1 atom stereocenters. The normalized spacial score (nSPS) is 17.9. The maximum Gasteiger partial charge on any atom is 0.295 e. The third kappa shape index (κ3) is 5.00. The number of rotatable bonds is 9. The predicted molar refractivity (Wildman–Crippen MR) is 119 cm³/mol. The van der Waals surface area contributed by atoms with E-state index in [0.29, 0.717) is 30.9 Å². The van der Waals surface area contributed by atoms with Crippen LogP contribution < -0.4 is 4.74 Å². The van der Waals surface area contributed by atoms with E-state index in [1.807, 2.05) is 31.1 Å². The number of ether oxygens (including phenoxy) is 1. The Bertz CT molecular complexity index is 968. The average Bonchev–Trinajstić information content (AvgIpc) is 3.03. The number of carbonyl (C=O) groups excluding carboxylic acids is 2. The Labute approximate surface area is 182 Å². The zero-order valence-corrected chi connectivity index (χ0v) is 17.8. The van der Waals surface area contributed by atoms with E-state index in [9.17, 15) is 14.7 Å². The average molecular weight is 421 g/mol. The molecule has 1 amide bonds. The van der Waals surface area contributed by atoms with Crippen LogP contribution in [-0.4, -0.2) is 65.4 Å². The molecule has 3 rings (SSSR count). The first kappa shape index (κ1) is 22.2. The minimum atomic E-state index is -0.684. The topological polar surface area (TPSA) is 83.0 Å². The quantitative estimate of drug-likeness (QED) is 0.290. The molecule has 0 saturated carbocycles. The summed E-state index contributed by atoms with van der Waals surface area (Å²) in [5.74, 6) is -0.835. The molecule has 0 radical (unpaired) electrons. The van der Waals surface area contributed by atoms with Crippen LogP contribution in [0.3, 0.4) is 0 Å². The minimum Gasteiger partial charge on any atom is -0.507 e. The van der Waals surface area contributed by atoms with Crippen molar-refractivity contribution in [1.82, 2.24) is 14.8 Å². The number of likely N-dealkylation sites (tertiary alicyclic amines) is 1. The number of benzene rings is 1. The maximum absolute atomic E-state index is 12.9. The standard InChI is InChI=1S/C24H27N3O4/c1-4-16-31-19-8-6-17(7-9-19)21-20(22(28)18-10-12-25-13-11-18)23(29)24(30)27(21)15-5-14-26(2)3/h4,6-13,21,28H,1,5,14-16H2,2-3H3/t21-/m1/s1. The second-order valence-electron chi connectivity index (χ2n) is 7.55. The highest BCUT2D eigenvalue weighted by molar-refractivity contribution is 6.46. The zero-order chi connectivity index (χ0) is 22.4. The van der Waals surface area contributed by atoms with Crippen molar-refractivity contribution < 1.29 is 19.4 Å². The van der Waals surface area contributed by atoms with Crippen molar-refractivity contribution in [3.63, 3.8) is 0 Å². The van der Waals surface area contributed by atoms with Gasteiger partial charge in [-0.05, 0) is 56.9 Å². The fourth-order valence-electron chi connectivity index (χ4n) is 3.58. The Morgan fingerprint density at radius 1 is 1.19 bits per heavy atom. The number of aliphatic hydroxyl groups is 1. The molecule has 0 bridgehead atoms. The molecular formula is C24H27N3O4. The molecular weight excluding hydrogens is 394 g/mol. The Morgan fingerprint density at radius 3 is 2.48 bits per heavy atom. The molecule has 7 nitrogen and oxygen atoms in total. The smallest absolute Gasteiger partial charge is 0.295 e. The SMILES string of the molecule is C=CCOc1ccc([C@@H]2C(=C(O)c3ccncc3)C(=O)C(=O)N2CCCN(C)C)cc1. The lowest BCUT2D eigenvalue weighted by Gasteiger charge is -2.26.